The summed E-state index contributed by atoms with van der Waals surface area (Å²) in [6, 6.07) is 4.32. The number of nitrogens with zero attached hydrogens (tertiary/aromatic N) is 3. The van der Waals surface area contributed by atoms with E-state index in [9.17, 15) is 10.1 Å². The Bertz CT molecular complexity index is 599. The Morgan fingerprint density at radius 2 is 2.26 bits per heavy atom. The molecule has 0 amide bonds. The summed E-state index contributed by atoms with van der Waals surface area (Å²) in [6.45, 7) is 2.48. The lowest BCUT2D eigenvalue weighted by Crippen LogP contribution is -2.14. The normalized spacial score (nSPS) is 10.6. The van der Waals surface area contributed by atoms with E-state index in [0.717, 1.165) is 0 Å². The number of nitro benzene ring substituents is 1. The van der Waals surface area contributed by atoms with Crippen molar-refractivity contribution in [2.24, 2.45) is 0 Å². The highest BCUT2D eigenvalue weighted by Gasteiger charge is 2.10. The first-order valence-electron chi connectivity index (χ1n) is 5.49. The molecule has 7 nitrogen and oxygen atoms in total. The number of nitrogens with one attached hydrogen (secondary N) is 1. The van der Waals surface area contributed by atoms with Crippen LogP contribution in [0.2, 0.25) is 5.02 Å². The van der Waals surface area contributed by atoms with Gasteiger partial charge in [-0.05, 0) is 11.6 Å². The molecule has 0 fully saturated rings. The summed E-state index contributed by atoms with van der Waals surface area (Å²) in [6.07, 6.45) is 0. The van der Waals surface area contributed by atoms with Crippen molar-refractivity contribution in [2.45, 2.75) is 20.0 Å². The summed E-state index contributed by atoms with van der Waals surface area (Å²) in [4.78, 5) is 14.2. The molecule has 1 heterocycles. The molecule has 0 unspecified atom stereocenters. The van der Waals surface area contributed by atoms with Gasteiger partial charge in [0, 0.05) is 30.6 Å². The molecular weight excluding hydrogens is 272 g/mol. The third-order valence-electron chi connectivity index (χ3n) is 2.41. The molecular formula is C11H11ClN4O3. The maximum atomic E-state index is 10.7. The molecule has 2 rings (SSSR count). The Balaban J connectivity index is 1.99. The summed E-state index contributed by atoms with van der Waals surface area (Å²) < 4.78 is 4.83. The van der Waals surface area contributed by atoms with Crippen LogP contribution in [-0.2, 0) is 13.1 Å². The summed E-state index contributed by atoms with van der Waals surface area (Å²) in [5, 5.41) is 17.9. The minimum Gasteiger partial charge on any atom is -0.340 e. The molecule has 19 heavy (non-hydrogen) atoms. The molecule has 0 radical (unpaired) electrons. The van der Waals surface area contributed by atoms with Gasteiger partial charge in [-0.15, -0.1) is 0 Å². The summed E-state index contributed by atoms with van der Waals surface area (Å²) >= 11 is 5.97. The molecule has 0 saturated carbocycles. The van der Waals surface area contributed by atoms with E-state index in [4.69, 9.17) is 16.1 Å². The first-order valence-corrected chi connectivity index (χ1v) is 5.87. The maximum absolute atomic E-state index is 10.7. The first-order chi connectivity index (χ1) is 9.06. The van der Waals surface area contributed by atoms with E-state index in [2.05, 4.69) is 15.5 Å². The van der Waals surface area contributed by atoms with Gasteiger partial charge in [0.25, 0.3) is 5.69 Å². The van der Waals surface area contributed by atoms with Crippen LogP contribution in [0.5, 0.6) is 0 Å². The lowest BCUT2D eigenvalue weighted by atomic mass is 10.2. The molecule has 0 aliphatic rings. The van der Waals surface area contributed by atoms with Crippen LogP contribution in [-0.4, -0.2) is 15.1 Å². The van der Waals surface area contributed by atoms with Crippen molar-refractivity contribution in [3.8, 4) is 0 Å². The van der Waals surface area contributed by atoms with Crippen molar-refractivity contribution in [1.82, 2.24) is 15.5 Å². The van der Waals surface area contributed by atoms with Crippen LogP contribution in [0.3, 0.4) is 0 Å². The highest BCUT2D eigenvalue weighted by atomic mass is 35.5. The molecule has 1 aromatic carbocycles. The monoisotopic (exact) mass is 282 g/mol. The van der Waals surface area contributed by atoms with Crippen molar-refractivity contribution >= 4 is 17.3 Å². The molecule has 0 bridgehead atoms. The fourth-order valence-electron chi connectivity index (χ4n) is 1.53. The van der Waals surface area contributed by atoms with Crippen LogP contribution in [0.4, 0.5) is 5.69 Å². The Labute approximate surface area is 113 Å². The minimum absolute atomic E-state index is 0.0107. The number of rotatable bonds is 5. The number of aryl methyl sites for hydroxylation is 1. The Morgan fingerprint density at radius 1 is 1.47 bits per heavy atom. The standard InChI is InChI=1S/C11H11ClN4O3/c1-7-14-11(15-19-7)6-13-5-8-4-9(16(17)18)2-3-10(8)12/h2-4,13H,5-6H2,1H3. The fraction of sp³-hybridized carbons (Fsp3) is 0.273. The van der Waals surface area contributed by atoms with Gasteiger partial charge in [0.1, 0.15) is 0 Å². The van der Waals surface area contributed by atoms with Crippen LogP contribution in [0.25, 0.3) is 0 Å². The highest BCUT2D eigenvalue weighted by molar-refractivity contribution is 6.31. The SMILES string of the molecule is Cc1nc(CNCc2cc([N+](=O)[O-])ccc2Cl)no1. The summed E-state index contributed by atoms with van der Waals surface area (Å²) in [7, 11) is 0. The number of halogens is 1. The topological polar surface area (TPSA) is 94.1 Å². The lowest BCUT2D eigenvalue weighted by Gasteiger charge is -2.04. The number of aromatic nitrogens is 2. The van der Waals surface area contributed by atoms with E-state index in [1.165, 1.54) is 18.2 Å². The smallest absolute Gasteiger partial charge is 0.269 e. The van der Waals surface area contributed by atoms with Crippen molar-refractivity contribution < 1.29 is 9.45 Å². The Kier molecular flexibility index (Phi) is 4.08. The second-order valence-corrected chi connectivity index (χ2v) is 4.27. The molecule has 0 saturated heterocycles. The molecule has 8 heteroatoms. The average Bonchev–Trinajstić information content (AvgIpc) is 2.77. The third kappa shape index (κ3) is 3.49. The van der Waals surface area contributed by atoms with E-state index >= 15 is 0 Å². The fourth-order valence-corrected chi connectivity index (χ4v) is 1.72. The van der Waals surface area contributed by atoms with Crippen molar-refractivity contribution in [3.63, 3.8) is 0 Å². The van der Waals surface area contributed by atoms with E-state index in [0.29, 0.717) is 35.4 Å². The highest BCUT2D eigenvalue weighted by Crippen LogP contribution is 2.21. The predicted molar refractivity (Wildman–Crippen MR) is 67.7 cm³/mol. The number of benzene rings is 1. The maximum Gasteiger partial charge on any atom is 0.269 e. The van der Waals surface area contributed by atoms with Gasteiger partial charge in [0.2, 0.25) is 5.89 Å². The van der Waals surface area contributed by atoms with Gasteiger partial charge in [0.05, 0.1) is 11.5 Å². The zero-order chi connectivity index (χ0) is 13.8. The second kappa shape index (κ2) is 5.77. The zero-order valence-corrected chi connectivity index (χ0v) is 10.8. The molecule has 0 spiro atoms. The molecule has 2 aromatic rings. The zero-order valence-electron chi connectivity index (χ0n) is 10.1. The van der Waals surface area contributed by atoms with Crippen LogP contribution in [0.15, 0.2) is 22.7 Å². The first kappa shape index (κ1) is 13.4. The van der Waals surface area contributed by atoms with Crippen LogP contribution >= 0.6 is 11.6 Å². The number of nitro groups is 1. The number of non-ortho nitro benzene ring substituents is 1. The van der Waals surface area contributed by atoms with Gasteiger partial charge in [-0.3, -0.25) is 10.1 Å². The van der Waals surface area contributed by atoms with Gasteiger partial charge in [0.15, 0.2) is 5.82 Å². The molecule has 0 aliphatic heterocycles. The van der Waals surface area contributed by atoms with Crippen molar-refractivity contribution in [1.29, 1.82) is 0 Å². The quantitative estimate of drug-likeness (QED) is 0.667. The summed E-state index contributed by atoms with van der Waals surface area (Å²) in [5.74, 6) is 1.02. The number of hydrogen-bond donors (Lipinski definition) is 1. The van der Waals surface area contributed by atoms with Gasteiger partial charge < -0.3 is 9.84 Å². The lowest BCUT2D eigenvalue weighted by molar-refractivity contribution is -0.384. The van der Waals surface area contributed by atoms with Gasteiger partial charge in [-0.1, -0.05) is 16.8 Å². The van der Waals surface area contributed by atoms with Crippen LogP contribution < -0.4 is 5.32 Å². The van der Waals surface area contributed by atoms with E-state index in [1.807, 2.05) is 0 Å². The van der Waals surface area contributed by atoms with Crippen LogP contribution in [0, 0.1) is 17.0 Å². The van der Waals surface area contributed by atoms with Gasteiger partial charge >= 0.3 is 0 Å². The van der Waals surface area contributed by atoms with Gasteiger partial charge in [-0.25, -0.2) is 0 Å². The Hall–Kier alpha value is -1.99. The van der Waals surface area contributed by atoms with E-state index in [1.54, 1.807) is 6.92 Å². The number of hydrogen-bond acceptors (Lipinski definition) is 6. The van der Waals surface area contributed by atoms with Gasteiger partial charge in [-0.2, -0.15) is 4.98 Å². The van der Waals surface area contributed by atoms with Crippen molar-refractivity contribution in [3.05, 3.63) is 50.6 Å². The van der Waals surface area contributed by atoms with E-state index < -0.39 is 4.92 Å². The molecule has 1 aromatic heterocycles. The second-order valence-electron chi connectivity index (χ2n) is 3.87. The average molecular weight is 283 g/mol. The largest absolute Gasteiger partial charge is 0.340 e. The summed E-state index contributed by atoms with van der Waals surface area (Å²) in [5.41, 5.74) is 0.660. The third-order valence-corrected chi connectivity index (χ3v) is 2.78. The Morgan fingerprint density at radius 3 is 2.89 bits per heavy atom. The minimum atomic E-state index is -0.456. The predicted octanol–water partition coefficient (Wildman–Crippen LogP) is 2.23. The van der Waals surface area contributed by atoms with E-state index in [-0.39, 0.29) is 5.69 Å². The van der Waals surface area contributed by atoms with Crippen LogP contribution in [0.1, 0.15) is 17.3 Å². The van der Waals surface area contributed by atoms with Crippen molar-refractivity contribution in [2.75, 3.05) is 0 Å². The molecule has 0 aliphatic carbocycles. The molecule has 1 N–H and O–H groups in total. The molecule has 100 valence electrons. The molecule has 0 atom stereocenters.